The molecule has 0 aromatic heterocycles. The summed E-state index contributed by atoms with van der Waals surface area (Å²) in [7, 11) is -8.76. The molecule has 1 aliphatic rings. The summed E-state index contributed by atoms with van der Waals surface area (Å²) in [5, 5.41) is 46.1. The fraction of sp³-hybridized carbons (Fsp3) is 0.0638. The number of phenolic OH excluding ortho intramolecular Hbond substituents is 2. The quantitative estimate of drug-likeness (QED) is 0.0528. The number of nitrogens with one attached hydrogen (secondary N) is 2. The van der Waals surface area contributed by atoms with Gasteiger partial charge in [-0.1, -0.05) is 103 Å². The van der Waals surface area contributed by atoms with Gasteiger partial charge in [-0.3, -0.25) is 18.7 Å². The zero-order chi connectivity index (χ0) is 47.8. The van der Waals surface area contributed by atoms with Gasteiger partial charge in [0.15, 0.2) is 11.5 Å². The number of amides is 2. The van der Waals surface area contributed by atoms with Crippen molar-refractivity contribution in [3.8, 4) is 22.6 Å². The van der Waals surface area contributed by atoms with E-state index in [0.29, 0.717) is 32.7 Å². The molecular formula is C47H34Cl2N6O10S2. The standard InChI is InChI=1S/C47H34Cl2N6O10S2/c1-25-20-31(14-19-41(25)67(63,64)65)53-55-43-34-9-5-3-7-29(34)22-36(45(43)57)47(59)51-40-18-11-27(24-38(40)49)26-10-17-39(37(48)23-26)50-46(58)35-21-28-6-2-4-8-33(28)42(44(35)56)54-52-30-12-15-32(16-13-30)66(60,61)62/h2-25,41,56-57H,1H3,(H,50,58)(H,51,59)(H,60,61,62)(H,63,64,65). The summed E-state index contributed by atoms with van der Waals surface area (Å²) in [6.45, 7) is 1.60. The van der Waals surface area contributed by atoms with Crippen LogP contribution in [0.4, 0.5) is 28.4 Å². The maximum absolute atomic E-state index is 13.7. The molecule has 7 aromatic rings. The third kappa shape index (κ3) is 9.95. The number of halogens is 2. The number of carbonyl (C=O) groups is 2. The molecule has 0 heterocycles. The highest BCUT2D eigenvalue weighted by molar-refractivity contribution is 7.86. The monoisotopic (exact) mass is 976 g/mol. The van der Waals surface area contributed by atoms with Gasteiger partial charge in [0.2, 0.25) is 0 Å². The summed E-state index contributed by atoms with van der Waals surface area (Å²) in [6, 6.07) is 31.3. The summed E-state index contributed by atoms with van der Waals surface area (Å²) >= 11 is 13.4. The fourth-order valence-corrected chi connectivity index (χ4v) is 9.11. The molecule has 0 fully saturated rings. The second-order valence-corrected chi connectivity index (χ2v) is 19.0. The van der Waals surface area contributed by atoms with Crippen molar-refractivity contribution in [1.82, 2.24) is 0 Å². The smallest absolute Gasteiger partial charge is 0.294 e. The Morgan fingerprint density at radius 2 is 1.09 bits per heavy atom. The third-order valence-corrected chi connectivity index (χ3v) is 13.4. The molecule has 338 valence electrons. The summed E-state index contributed by atoms with van der Waals surface area (Å²) in [5.41, 5.74) is 1.80. The minimum Gasteiger partial charge on any atom is -0.505 e. The fourth-order valence-electron chi connectivity index (χ4n) is 7.28. The average Bonchev–Trinajstić information content (AvgIpc) is 3.28. The Morgan fingerprint density at radius 1 is 0.612 bits per heavy atom. The van der Waals surface area contributed by atoms with Gasteiger partial charge in [-0.25, -0.2) is 0 Å². The van der Waals surface area contributed by atoms with E-state index in [1.54, 1.807) is 91.9 Å². The molecule has 0 aliphatic heterocycles. The first kappa shape index (κ1) is 46.2. The Labute approximate surface area is 392 Å². The molecule has 1 aliphatic carbocycles. The van der Waals surface area contributed by atoms with E-state index in [-0.39, 0.29) is 60.2 Å². The summed E-state index contributed by atoms with van der Waals surface area (Å²) in [6.07, 6.45) is 4.20. The molecule has 2 unspecified atom stereocenters. The lowest BCUT2D eigenvalue weighted by Gasteiger charge is -2.18. The second-order valence-electron chi connectivity index (χ2n) is 15.1. The minimum absolute atomic E-state index is 0.00728. The second kappa shape index (κ2) is 18.5. The topological polar surface area (TPSA) is 257 Å². The van der Waals surface area contributed by atoms with E-state index in [1.807, 2.05) is 0 Å². The van der Waals surface area contributed by atoms with Crippen LogP contribution in [0.1, 0.15) is 27.6 Å². The number of aromatic hydroxyl groups is 2. The van der Waals surface area contributed by atoms with E-state index in [2.05, 4.69) is 31.1 Å². The van der Waals surface area contributed by atoms with Gasteiger partial charge in [0.05, 0.1) is 48.8 Å². The lowest BCUT2D eigenvalue weighted by atomic mass is 10.0. The van der Waals surface area contributed by atoms with Crippen molar-refractivity contribution in [2.75, 3.05) is 10.6 Å². The van der Waals surface area contributed by atoms with Crippen LogP contribution in [-0.4, -0.2) is 53.2 Å². The highest BCUT2D eigenvalue weighted by Gasteiger charge is 2.28. The Bertz CT molecular complexity index is 3550. The first-order valence-corrected chi connectivity index (χ1v) is 23.5. The van der Waals surface area contributed by atoms with Crippen LogP contribution < -0.4 is 10.6 Å². The average molecular weight is 978 g/mol. The number of hydrogen-bond acceptors (Lipinski definition) is 12. The predicted octanol–water partition coefficient (Wildman–Crippen LogP) is 12.0. The SMILES string of the molecule is CC1C=C(N=Nc2c(O)c(C(=O)Nc3ccc(-c4ccc(NC(=O)c5cc6ccccc6c(N=Nc6ccc(S(=O)(=O)O)cc6)c5O)c(Cl)c4)cc3Cl)cc3ccccc23)C=CC1S(=O)(=O)O. The van der Waals surface area contributed by atoms with Gasteiger partial charge in [0.25, 0.3) is 32.1 Å². The number of azo groups is 2. The number of hydrogen-bond donors (Lipinski definition) is 6. The van der Waals surface area contributed by atoms with Crippen molar-refractivity contribution < 1.29 is 45.7 Å². The number of anilines is 2. The molecule has 67 heavy (non-hydrogen) atoms. The number of rotatable bonds is 11. The van der Waals surface area contributed by atoms with E-state index >= 15 is 0 Å². The molecule has 16 nitrogen and oxygen atoms in total. The Morgan fingerprint density at radius 3 is 1.54 bits per heavy atom. The molecule has 0 spiro atoms. The number of carbonyl (C=O) groups excluding carboxylic acids is 2. The molecule has 0 saturated heterocycles. The van der Waals surface area contributed by atoms with E-state index < -0.39 is 54.7 Å². The van der Waals surface area contributed by atoms with E-state index in [9.17, 15) is 45.7 Å². The van der Waals surface area contributed by atoms with Crippen molar-refractivity contribution in [2.45, 2.75) is 17.1 Å². The van der Waals surface area contributed by atoms with Crippen molar-refractivity contribution in [3.05, 3.63) is 166 Å². The van der Waals surface area contributed by atoms with Crippen LogP contribution in [-0.2, 0) is 20.2 Å². The molecule has 6 N–H and O–H groups in total. The normalized spacial score (nSPS) is 15.3. The van der Waals surface area contributed by atoms with Gasteiger partial charge in [-0.2, -0.15) is 27.1 Å². The van der Waals surface area contributed by atoms with E-state index in [4.69, 9.17) is 23.2 Å². The molecule has 20 heteroatoms. The number of phenols is 2. The van der Waals surface area contributed by atoms with Crippen LogP contribution in [0.2, 0.25) is 10.0 Å². The minimum atomic E-state index is -4.42. The number of nitrogens with zero attached hydrogens (tertiary/aromatic N) is 4. The van der Waals surface area contributed by atoms with Gasteiger partial charge < -0.3 is 20.8 Å². The van der Waals surface area contributed by atoms with Crippen LogP contribution in [0.25, 0.3) is 32.7 Å². The van der Waals surface area contributed by atoms with Crippen molar-refractivity contribution >= 4 is 105 Å². The Hall–Kier alpha value is -7.32. The molecular weight excluding hydrogens is 944 g/mol. The van der Waals surface area contributed by atoms with Gasteiger partial charge in [0.1, 0.15) is 16.6 Å². The predicted molar refractivity (Wildman–Crippen MR) is 256 cm³/mol. The van der Waals surface area contributed by atoms with Crippen LogP contribution >= 0.6 is 23.2 Å². The Balaban J connectivity index is 0.994. The van der Waals surface area contributed by atoms with Gasteiger partial charge >= 0.3 is 0 Å². The molecule has 7 aromatic carbocycles. The van der Waals surface area contributed by atoms with Crippen LogP contribution in [0.5, 0.6) is 11.5 Å². The maximum Gasteiger partial charge on any atom is 0.294 e. The first-order valence-electron chi connectivity index (χ1n) is 19.8. The van der Waals surface area contributed by atoms with Crippen LogP contribution in [0.3, 0.4) is 0 Å². The van der Waals surface area contributed by atoms with Crippen molar-refractivity contribution in [3.63, 3.8) is 0 Å². The molecule has 8 rings (SSSR count). The lowest BCUT2D eigenvalue weighted by molar-refractivity contribution is 0.101. The molecule has 0 saturated carbocycles. The highest BCUT2D eigenvalue weighted by atomic mass is 35.5. The summed E-state index contributed by atoms with van der Waals surface area (Å²) < 4.78 is 65.1. The van der Waals surface area contributed by atoms with Gasteiger partial charge in [-0.15, -0.1) is 10.2 Å². The van der Waals surface area contributed by atoms with E-state index in [0.717, 1.165) is 12.1 Å². The van der Waals surface area contributed by atoms with Gasteiger partial charge in [-0.05, 0) is 94.6 Å². The van der Waals surface area contributed by atoms with Crippen molar-refractivity contribution in [1.29, 1.82) is 0 Å². The highest BCUT2D eigenvalue weighted by Crippen LogP contribution is 2.42. The van der Waals surface area contributed by atoms with Crippen LogP contribution in [0, 0.1) is 5.92 Å². The van der Waals surface area contributed by atoms with E-state index in [1.165, 1.54) is 42.5 Å². The third-order valence-electron chi connectivity index (χ3n) is 10.7. The molecule has 2 amide bonds. The first-order chi connectivity index (χ1) is 31.8. The zero-order valence-corrected chi connectivity index (χ0v) is 37.7. The number of fused-ring (bicyclic) bond motifs is 2. The molecule has 0 radical (unpaired) electrons. The molecule has 0 bridgehead atoms. The summed E-state index contributed by atoms with van der Waals surface area (Å²) in [4.78, 5) is 27.1. The van der Waals surface area contributed by atoms with Crippen LogP contribution in [0.15, 0.2) is 171 Å². The van der Waals surface area contributed by atoms with Crippen molar-refractivity contribution in [2.24, 2.45) is 26.4 Å². The summed E-state index contributed by atoms with van der Waals surface area (Å²) in [5.74, 6) is -2.99. The van der Waals surface area contributed by atoms with Gasteiger partial charge in [0, 0.05) is 10.8 Å². The number of allylic oxidation sites excluding steroid dienone is 2. The number of benzene rings is 7. The zero-order valence-electron chi connectivity index (χ0n) is 34.5. The maximum atomic E-state index is 13.7. The lowest BCUT2D eigenvalue weighted by Crippen LogP contribution is -2.26. The Kier molecular flexibility index (Phi) is 12.8. The molecule has 2 atom stereocenters. The largest absolute Gasteiger partial charge is 0.505 e.